The van der Waals surface area contributed by atoms with Crippen molar-refractivity contribution in [2.24, 2.45) is 5.41 Å². The van der Waals surface area contributed by atoms with Crippen LogP contribution in [0, 0.1) is 5.41 Å². The molecule has 34 heavy (non-hydrogen) atoms. The molecule has 4 unspecified atom stereocenters. The normalized spacial score (nSPS) is 33.6. The van der Waals surface area contributed by atoms with Crippen LogP contribution in [0.1, 0.15) is 47.5 Å². The van der Waals surface area contributed by atoms with Gasteiger partial charge in [-0.15, -0.1) is 0 Å². The first-order valence-electron chi connectivity index (χ1n) is 11.1. The lowest BCUT2D eigenvalue weighted by atomic mass is 9.51. The molecule has 11 nitrogen and oxygen atoms in total. The van der Waals surface area contributed by atoms with Gasteiger partial charge in [0.05, 0.1) is 45.3 Å². The summed E-state index contributed by atoms with van der Waals surface area (Å²) in [5.41, 5.74) is -0.365. The number of hydrogen-bond donors (Lipinski definition) is 2. The van der Waals surface area contributed by atoms with Gasteiger partial charge in [-0.05, 0) is 32.1 Å². The molecule has 2 aliphatic heterocycles. The number of hydrogen-bond acceptors (Lipinski definition) is 9. The van der Waals surface area contributed by atoms with Gasteiger partial charge in [0.25, 0.3) is 0 Å². The number of rotatable bonds is 13. The van der Waals surface area contributed by atoms with Gasteiger partial charge < -0.3 is 24.0 Å². The zero-order valence-corrected chi connectivity index (χ0v) is 22.1. The smallest absolute Gasteiger partial charge is 0.380 e. The maximum absolute atomic E-state index is 12.6. The molecule has 0 saturated carbocycles. The van der Waals surface area contributed by atoms with E-state index in [2.05, 4.69) is 0 Å². The van der Waals surface area contributed by atoms with Crippen molar-refractivity contribution in [3.63, 3.8) is 0 Å². The third-order valence-corrected chi connectivity index (χ3v) is 6.87. The summed E-state index contributed by atoms with van der Waals surface area (Å²) >= 11 is 0. The van der Waals surface area contributed by atoms with Gasteiger partial charge in [0.15, 0.2) is 0 Å². The highest BCUT2D eigenvalue weighted by Gasteiger charge is 2.43. The summed E-state index contributed by atoms with van der Waals surface area (Å²) < 4.78 is 62.2. The second kappa shape index (κ2) is 12.7. The minimum atomic E-state index is -4.58. The topological polar surface area (TPSA) is 139 Å². The van der Waals surface area contributed by atoms with E-state index in [1.807, 2.05) is 34.6 Å². The van der Waals surface area contributed by atoms with E-state index >= 15 is 0 Å². The third-order valence-electron chi connectivity index (χ3n) is 4.87. The van der Waals surface area contributed by atoms with Crippen LogP contribution in [0.4, 0.5) is 0 Å². The van der Waals surface area contributed by atoms with Crippen molar-refractivity contribution in [1.82, 2.24) is 0 Å². The molecule has 2 aliphatic rings. The second-order valence-corrected chi connectivity index (χ2v) is 12.6. The van der Waals surface area contributed by atoms with Crippen molar-refractivity contribution in [1.29, 1.82) is 0 Å². The maximum atomic E-state index is 12.6. The molecule has 8 atom stereocenters. The highest BCUT2D eigenvalue weighted by atomic mass is 31.2. The largest absolute Gasteiger partial charge is 0.472 e. The minimum absolute atomic E-state index is 0.0202. The van der Waals surface area contributed by atoms with E-state index in [9.17, 15) is 18.9 Å². The molecular formula is C18H34B3O11P2. The molecule has 16 heteroatoms. The van der Waals surface area contributed by atoms with Crippen LogP contribution in [-0.2, 0) is 41.4 Å². The van der Waals surface area contributed by atoms with Crippen LogP contribution in [0.5, 0.6) is 0 Å². The summed E-state index contributed by atoms with van der Waals surface area (Å²) in [6, 6.07) is -1.28. The Hall–Kier alpha value is 0.295. The van der Waals surface area contributed by atoms with Crippen molar-refractivity contribution in [3.8, 4) is 0 Å². The fourth-order valence-electron chi connectivity index (χ4n) is 3.27. The molecule has 0 aromatic carbocycles. The monoisotopic (exact) mass is 521 g/mol. The van der Waals surface area contributed by atoms with E-state index in [-0.39, 0.29) is 37.6 Å². The van der Waals surface area contributed by atoms with Crippen molar-refractivity contribution in [2.45, 2.75) is 90.0 Å². The van der Waals surface area contributed by atoms with Gasteiger partial charge in [-0.25, -0.2) is 9.13 Å². The first-order valence-corrected chi connectivity index (χ1v) is 14.1. The summed E-state index contributed by atoms with van der Waals surface area (Å²) in [5.74, 6) is 0. The predicted molar refractivity (Wildman–Crippen MR) is 126 cm³/mol. The van der Waals surface area contributed by atoms with Crippen LogP contribution in [0.25, 0.3) is 0 Å². The van der Waals surface area contributed by atoms with Crippen LogP contribution in [0.2, 0.25) is 0 Å². The first-order chi connectivity index (χ1) is 15.6. The molecule has 2 heterocycles. The summed E-state index contributed by atoms with van der Waals surface area (Å²) in [5, 5.41) is 0. The van der Waals surface area contributed by atoms with Crippen molar-refractivity contribution in [2.75, 3.05) is 19.8 Å². The molecular weight excluding hydrogens is 487 g/mol. The van der Waals surface area contributed by atoms with Gasteiger partial charge in [-0.1, -0.05) is 20.8 Å². The lowest BCUT2D eigenvalue weighted by Gasteiger charge is -2.25. The van der Waals surface area contributed by atoms with E-state index in [4.69, 9.17) is 47.9 Å². The molecule has 0 aromatic heterocycles. The molecule has 0 amide bonds. The van der Waals surface area contributed by atoms with Crippen LogP contribution in [0.15, 0.2) is 0 Å². The number of phosphoric acid groups is 2. The molecule has 2 saturated heterocycles. The quantitative estimate of drug-likeness (QED) is 0.270. The highest BCUT2D eigenvalue weighted by Crippen LogP contribution is 2.50. The highest BCUT2D eigenvalue weighted by molar-refractivity contribution is 7.47. The third kappa shape index (κ3) is 10.7. The number of ether oxygens (including phenoxy) is 3. The number of phosphoric ester groups is 2. The van der Waals surface area contributed by atoms with E-state index in [0.717, 1.165) is 0 Å². The molecule has 0 aliphatic carbocycles. The second-order valence-electron chi connectivity index (χ2n) is 9.83. The van der Waals surface area contributed by atoms with E-state index in [1.165, 1.54) is 7.17 Å². The van der Waals surface area contributed by atoms with Gasteiger partial charge >= 0.3 is 15.6 Å². The fraction of sp³-hybridized carbons (Fsp3) is 1.00. The Labute approximate surface area is 205 Å². The molecule has 2 fully saturated rings. The van der Waals surface area contributed by atoms with Gasteiger partial charge in [0, 0.05) is 19.7 Å². The van der Waals surface area contributed by atoms with Crippen LogP contribution in [-0.4, -0.2) is 94.9 Å². The van der Waals surface area contributed by atoms with Crippen LogP contribution >= 0.6 is 15.6 Å². The minimum Gasteiger partial charge on any atom is -0.380 e. The molecule has 0 bridgehead atoms. The Balaban J connectivity index is 1.93. The van der Waals surface area contributed by atoms with Gasteiger partial charge in [0.1, 0.15) is 20.1 Å². The summed E-state index contributed by atoms with van der Waals surface area (Å²) in [4.78, 5) is 20.3. The Morgan fingerprint density at radius 1 is 1.00 bits per heavy atom. The van der Waals surface area contributed by atoms with Gasteiger partial charge in [-0.2, -0.15) is 0 Å². The summed E-state index contributed by atoms with van der Waals surface area (Å²) in [6.07, 6.45) is -3.19. The van der Waals surface area contributed by atoms with E-state index in [1.54, 1.807) is 0 Å². The molecule has 2 rings (SSSR count). The zero-order chi connectivity index (χ0) is 25.7. The molecule has 5 radical (unpaired) electrons. The molecule has 2 N–H and O–H groups in total. The van der Waals surface area contributed by atoms with E-state index in [0.29, 0.717) is 0 Å². The first kappa shape index (κ1) is 30.5. The van der Waals surface area contributed by atoms with Crippen LogP contribution in [0.3, 0.4) is 0 Å². The van der Waals surface area contributed by atoms with Crippen molar-refractivity contribution >= 4 is 38.4 Å². The van der Waals surface area contributed by atoms with Gasteiger partial charge in [-0.3, -0.25) is 18.1 Å². The fourth-order valence-corrected chi connectivity index (χ4v) is 5.40. The lowest BCUT2D eigenvalue weighted by molar-refractivity contribution is -0.0513. The maximum Gasteiger partial charge on any atom is 0.472 e. The standard InChI is InChI=1S/C18H34B3O11P2/c1-11(2)26-8-14-13(7-17(21-20)30-14)32-33(22,23)27-9-15-12(6-16(19)29-15)31-34(24,25)28-10-18(3,4)5/h11-17H,6-10H2,1-5H3,(H,22,23)(H,24,25)/t12?,13?,14-,15-,16-,17-/m1/s1. The van der Waals surface area contributed by atoms with E-state index < -0.39 is 58.7 Å². The molecule has 0 spiro atoms. The van der Waals surface area contributed by atoms with Crippen molar-refractivity contribution in [3.05, 3.63) is 0 Å². The summed E-state index contributed by atoms with van der Waals surface area (Å²) in [6.45, 7) is 8.85. The Bertz CT molecular complexity index is 738. The zero-order valence-electron chi connectivity index (χ0n) is 20.3. The Kier molecular flexibility index (Phi) is 11.4. The van der Waals surface area contributed by atoms with Gasteiger partial charge in [0.2, 0.25) is 0 Å². The Morgan fingerprint density at radius 2 is 1.56 bits per heavy atom. The summed E-state index contributed by atoms with van der Waals surface area (Å²) in [7, 11) is 3.65. The SMILES string of the molecule is [B][B][C@H]1CC(OP(=O)(O)OC[C@H]2O[C@@H]([B])CC2OP(=O)(O)OCC(C)(C)C)[C@@H](COC(C)C)O1. The Morgan fingerprint density at radius 3 is 2.12 bits per heavy atom. The average Bonchev–Trinajstić information content (AvgIpc) is 3.24. The molecule has 0 aromatic rings. The average molecular weight is 521 g/mol. The molecule has 191 valence electrons. The van der Waals surface area contributed by atoms with Crippen LogP contribution < -0.4 is 0 Å². The lowest BCUT2D eigenvalue weighted by Crippen LogP contribution is -2.31. The van der Waals surface area contributed by atoms with Crippen molar-refractivity contribution < 1.29 is 51.2 Å². The predicted octanol–water partition coefficient (Wildman–Crippen LogP) is 1.65.